The predicted molar refractivity (Wildman–Crippen MR) is 126 cm³/mol. The van der Waals surface area contributed by atoms with Gasteiger partial charge in [-0.25, -0.2) is 4.79 Å². The molecule has 0 fully saturated rings. The summed E-state index contributed by atoms with van der Waals surface area (Å²) in [6, 6.07) is 21.5. The van der Waals surface area contributed by atoms with Crippen molar-refractivity contribution in [1.82, 2.24) is 0 Å². The SMILES string of the molecule is COc1ccc(/C=C/C(=O)OC(C)C(=O)Nc2ccc(Oc3ccccc3)cc2)c(OC)c1. The van der Waals surface area contributed by atoms with Gasteiger partial charge in [-0.3, -0.25) is 4.79 Å². The zero-order valence-electron chi connectivity index (χ0n) is 18.6. The summed E-state index contributed by atoms with van der Waals surface area (Å²) in [5.41, 5.74) is 1.23. The number of benzene rings is 3. The van der Waals surface area contributed by atoms with Crippen molar-refractivity contribution in [3.63, 3.8) is 0 Å². The maximum atomic E-state index is 12.4. The Hall–Kier alpha value is -4.26. The number of ether oxygens (including phenoxy) is 4. The molecule has 170 valence electrons. The molecule has 0 saturated carbocycles. The average molecular weight is 447 g/mol. The molecule has 1 amide bonds. The fourth-order valence-electron chi connectivity index (χ4n) is 2.86. The lowest BCUT2D eigenvalue weighted by atomic mass is 10.1. The summed E-state index contributed by atoms with van der Waals surface area (Å²) in [4.78, 5) is 24.5. The van der Waals surface area contributed by atoms with Gasteiger partial charge in [0.2, 0.25) is 0 Å². The second-order valence-corrected chi connectivity index (χ2v) is 6.95. The number of hydrogen-bond acceptors (Lipinski definition) is 6. The number of carbonyl (C=O) groups excluding carboxylic acids is 2. The summed E-state index contributed by atoms with van der Waals surface area (Å²) in [6.07, 6.45) is 1.81. The number of methoxy groups -OCH3 is 2. The van der Waals surface area contributed by atoms with Gasteiger partial charge in [0.25, 0.3) is 5.91 Å². The highest BCUT2D eigenvalue weighted by atomic mass is 16.5. The van der Waals surface area contributed by atoms with E-state index < -0.39 is 18.0 Å². The van der Waals surface area contributed by atoms with Crippen LogP contribution in [-0.4, -0.2) is 32.2 Å². The van der Waals surface area contributed by atoms with Gasteiger partial charge in [-0.2, -0.15) is 0 Å². The third-order valence-electron chi connectivity index (χ3n) is 4.60. The Kier molecular flexibility index (Phi) is 8.07. The van der Waals surface area contributed by atoms with Crippen LogP contribution in [-0.2, 0) is 14.3 Å². The smallest absolute Gasteiger partial charge is 0.331 e. The van der Waals surface area contributed by atoms with E-state index in [9.17, 15) is 9.59 Å². The largest absolute Gasteiger partial charge is 0.497 e. The second kappa shape index (κ2) is 11.4. The number of anilines is 1. The number of carbonyl (C=O) groups is 2. The lowest BCUT2D eigenvalue weighted by molar-refractivity contribution is -0.148. The molecule has 33 heavy (non-hydrogen) atoms. The van der Waals surface area contributed by atoms with Crippen LogP contribution >= 0.6 is 0 Å². The monoisotopic (exact) mass is 447 g/mol. The Labute approximate surface area is 192 Å². The van der Waals surface area contributed by atoms with Crippen molar-refractivity contribution in [3.05, 3.63) is 84.4 Å². The first-order valence-corrected chi connectivity index (χ1v) is 10.2. The van der Waals surface area contributed by atoms with Crippen LogP contribution in [0.5, 0.6) is 23.0 Å². The minimum Gasteiger partial charge on any atom is -0.497 e. The van der Waals surface area contributed by atoms with Crippen LogP contribution in [0.15, 0.2) is 78.9 Å². The molecule has 0 saturated heterocycles. The summed E-state index contributed by atoms with van der Waals surface area (Å²) in [5.74, 6) is 1.44. The van der Waals surface area contributed by atoms with Crippen molar-refractivity contribution < 1.29 is 28.5 Å². The van der Waals surface area contributed by atoms with Crippen molar-refractivity contribution in [2.24, 2.45) is 0 Å². The zero-order valence-corrected chi connectivity index (χ0v) is 18.6. The second-order valence-electron chi connectivity index (χ2n) is 6.95. The quantitative estimate of drug-likeness (QED) is 0.364. The summed E-state index contributed by atoms with van der Waals surface area (Å²) < 4.78 is 21.4. The van der Waals surface area contributed by atoms with Gasteiger partial charge >= 0.3 is 5.97 Å². The summed E-state index contributed by atoms with van der Waals surface area (Å²) in [7, 11) is 3.08. The summed E-state index contributed by atoms with van der Waals surface area (Å²) in [5, 5.41) is 2.71. The molecule has 1 atom stereocenters. The lowest BCUT2D eigenvalue weighted by Gasteiger charge is -2.13. The van der Waals surface area contributed by atoms with Gasteiger partial charge in [0.1, 0.15) is 23.0 Å². The van der Waals surface area contributed by atoms with E-state index in [-0.39, 0.29) is 0 Å². The van der Waals surface area contributed by atoms with E-state index >= 15 is 0 Å². The Morgan fingerprint density at radius 2 is 1.52 bits per heavy atom. The van der Waals surface area contributed by atoms with Gasteiger partial charge in [0.05, 0.1) is 14.2 Å². The standard InChI is InChI=1S/C26H25NO6/c1-18(32-25(28)16-10-19-9-13-23(30-2)17-24(19)31-3)26(29)27-20-11-14-22(15-12-20)33-21-7-5-4-6-8-21/h4-18H,1-3H3,(H,27,29)/b16-10+. The molecule has 3 aromatic carbocycles. The van der Waals surface area contributed by atoms with Gasteiger partial charge in [-0.15, -0.1) is 0 Å². The van der Waals surface area contributed by atoms with Crippen molar-refractivity contribution in [2.75, 3.05) is 19.5 Å². The number of amides is 1. The van der Waals surface area contributed by atoms with E-state index in [4.69, 9.17) is 18.9 Å². The topological polar surface area (TPSA) is 83.1 Å². The molecular formula is C26H25NO6. The Morgan fingerprint density at radius 3 is 2.18 bits per heavy atom. The first kappa shape index (κ1) is 23.4. The number of nitrogens with one attached hydrogen (secondary N) is 1. The Morgan fingerprint density at radius 1 is 0.848 bits per heavy atom. The van der Waals surface area contributed by atoms with Gasteiger partial charge < -0.3 is 24.3 Å². The molecular weight excluding hydrogens is 422 g/mol. The normalized spacial score (nSPS) is 11.5. The van der Waals surface area contributed by atoms with Crippen molar-refractivity contribution in [1.29, 1.82) is 0 Å². The minimum absolute atomic E-state index is 0.449. The first-order chi connectivity index (χ1) is 16.0. The molecule has 1 N–H and O–H groups in total. The van der Waals surface area contributed by atoms with Crippen molar-refractivity contribution in [2.45, 2.75) is 13.0 Å². The number of esters is 1. The molecule has 1 unspecified atom stereocenters. The molecule has 3 aromatic rings. The number of rotatable bonds is 9. The molecule has 0 aromatic heterocycles. The van der Waals surface area contributed by atoms with Gasteiger partial charge in [-0.1, -0.05) is 18.2 Å². The van der Waals surface area contributed by atoms with E-state index in [1.807, 2.05) is 30.3 Å². The third kappa shape index (κ3) is 6.87. The van der Waals surface area contributed by atoms with E-state index in [0.717, 1.165) is 5.75 Å². The minimum atomic E-state index is -0.986. The molecule has 0 aliphatic heterocycles. The van der Waals surface area contributed by atoms with Crippen molar-refractivity contribution >= 4 is 23.6 Å². The maximum Gasteiger partial charge on any atom is 0.331 e. The fraction of sp³-hybridized carbons (Fsp3) is 0.154. The van der Waals surface area contributed by atoms with Crippen LogP contribution < -0.4 is 19.5 Å². The van der Waals surface area contributed by atoms with Crippen LogP contribution in [0, 0.1) is 0 Å². The van der Waals surface area contributed by atoms with Gasteiger partial charge in [0.15, 0.2) is 6.10 Å². The molecule has 0 aliphatic carbocycles. The molecule has 7 heteroatoms. The maximum absolute atomic E-state index is 12.4. The fourth-order valence-corrected chi connectivity index (χ4v) is 2.86. The van der Waals surface area contributed by atoms with Gasteiger partial charge in [0, 0.05) is 23.4 Å². The third-order valence-corrected chi connectivity index (χ3v) is 4.60. The average Bonchev–Trinajstić information content (AvgIpc) is 2.84. The molecule has 0 radical (unpaired) electrons. The molecule has 7 nitrogen and oxygen atoms in total. The van der Waals surface area contributed by atoms with Crippen LogP contribution in [0.1, 0.15) is 12.5 Å². The molecule has 3 rings (SSSR count). The highest BCUT2D eigenvalue weighted by Crippen LogP contribution is 2.26. The van der Waals surface area contributed by atoms with E-state index in [2.05, 4.69) is 5.32 Å². The van der Waals surface area contributed by atoms with Crippen LogP contribution in [0.25, 0.3) is 6.08 Å². The highest BCUT2D eigenvalue weighted by Gasteiger charge is 2.17. The van der Waals surface area contributed by atoms with E-state index in [0.29, 0.717) is 28.5 Å². The van der Waals surface area contributed by atoms with Crippen LogP contribution in [0.3, 0.4) is 0 Å². The van der Waals surface area contributed by atoms with Crippen molar-refractivity contribution in [3.8, 4) is 23.0 Å². The lowest BCUT2D eigenvalue weighted by Crippen LogP contribution is -2.29. The molecule has 0 bridgehead atoms. The number of para-hydroxylation sites is 1. The molecule has 0 aliphatic rings. The van der Waals surface area contributed by atoms with Gasteiger partial charge in [-0.05, 0) is 61.5 Å². The number of hydrogen-bond donors (Lipinski definition) is 1. The summed E-state index contributed by atoms with van der Waals surface area (Å²) in [6.45, 7) is 1.50. The van der Waals surface area contributed by atoms with E-state index in [1.165, 1.54) is 20.1 Å². The predicted octanol–water partition coefficient (Wildman–Crippen LogP) is 5.08. The van der Waals surface area contributed by atoms with E-state index in [1.54, 1.807) is 55.7 Å². The summed E-state index contributed by atoms with van der Waals surface area (Å²) >= 11 is 0. The first-order valence-electron chi connectivity index (χ1n) is 10.2. The molecule has 0 heterocycles. The van der Waals surface area contributed by atoms with Crippen LogP contribution in [0.4, 0.5) is 5.69 Å². The Bertz CT molecular complexity index is 1110. The highest BCUT2D eigenvalue weighted by molar-refractivity contribution is 5.96. The molecule has 0 spiro atoms. The van der Waals surface area contributed by atoms with Crippen LogP contribution in [0.2, 0.25) is 0 Å². The zero-order chi connectivity index (χ0) is 23.6. The Balaban J connectivity index is 1.52.